The van der Waals surface area contributed by atoms with E-state index >= 15 is 0 Å². The Morgan fingerprint density at radius 3 is 3.00 bits per heavy atom. The Morgan fingerprint density at radius 2 is 2.19 bits per heavy atom. The molecule has 138 valence electrons. The van der Waals surface area contributed by atoms with Crippen LogP contribution in [-0.4, -0.2) is 41.3 Å². The molecule has 1 saturated heterocycles. The lowest BCUT2D eigenvalue weighted by molar-refractivity contribution is 0.173. The molecule has 2 heterocycles. The molecule has 1 aliphatic carbocycles. The largest absolute Gasteiger partial charge is 0.495 e. The summed E-state index contributed by atoms with van der Waals surface area (Å²) in [4.78, 5) is 19.0. The molecule has 1 aromatic carbocycles. The molecule has 1 aromatic heterocycles. The molecular formula is C19H24N4O3. The summed E-state index contributed by atoms with van der Waals surface area (Å²) >= 11 is 0. The fraction of sp³-hybridized carbons (Fsp3) is 0.526. The Hall–Kier alpha value is -2.57. The number of rotatable bonds is 5. The fourth-order valence-electron chi connectivity index (χ4n) is 3.46. The van der Waals surface area contributed by atoms with Crippen LogP contribution in [0.3, 0.4) is 0 Å². The van der Waals surface area contributed by atoms with Crippen molar-refractivity contribution < 1.29 is 14.1 Å². The molecule has 1 aliphatic heterocycles. The van der Waals surface area contributed by atoms with Crippen molar-refractivity contribution in [2.24, 2.45) is 5.92 Å². The van der Waals surface area contributed by atoms with E-state index in [1.165, 1.54) is 12.8 Å². The first kappa shape index (κ1) is 16.9. The van der Waals surface area contributed by atoms with Crippen molar-refractivity contribution >= 4 is 11.7 Å². The highest BCUT2D eigenvalue weighted by Crippen LogP contribution is 2.38. The van der Waals surface area contributed by atoms with Gasteiger partial charge in [-0.2, -0.15) is 4.98 Å². The number of benzene rings is 1. The van der Waals surface area contributed by atoms with Gasteiger partial charge in [0.25, 0.3) is 0 Å². The number of hydrogen-bond donors (Lipinski definition) is 1. The topological polar surface area (TPSA) is 80.5 Å². The first-order valence-corrected chi connectivity index (χ1v) is 9.24. The van der Waals surface area contributed by atoms with Crippen LogP contribution < -0.4 is 10.1 Å². The van der Waals surface area contributed by atoms with Gasteiger partial charge in [0, 0.05) is 25.4 Å². The van der Waals surface area contributed by atoms with Crippen molar-refractivity contribution in [3.63, 3.8) is 0 Å². The summed E-state index contributed by atoms with van der Waals surface area (Å²) in [5.41, 5.74) is 0.688. The number of carbonyl (C=O) groups is 1. The van der Waals surface area contributed by atoms with Crippen LogP contribution in [0, 0.1) is 5.92 Å². The normalized spacial score (nSPS) is 20.0. The molecule has 2 amide bonds. The molecule has 0 radical (unpaired) electrons. The monoisotopic (exact) mass is 356 g/mol. The summed E-state index contributed by atoms with van der Waals surface area (Å²) in [5.74, 6) is 3.06. The number of carbonyl (C=O) groups excluding carboxylic acids is 1. The van der Waals surface area contributed by atoms with Gasteiger partial charge in [-0.05, 0) is 43.7 Å². The van der Waals surface area contributed by atoms with Crippen molar-refractivity contribution in [1.82, 2.24) is 15.0 Å². The summed E-state index contributed by atoms with van der Waals surface area (Å²) in [7, 11) is 1.60. The van der Waals surface area contributed by atoms with Gasteiger partial charge >= 0.3 is 6.03 Å². The Morgan fingerprint density at radius 1 is 1.35 bits per heavy atom. The van der Waals surface area contributed by atoms with E-state index in [9.17, 15) is 4.79 Å². The predicted molar refractivity (Wildman–Crippen MR) is 96.3 cm³/mol. The van der Waals surface area contributed by atoms with E-state index in [0.717, 1.165) is 31.6 Å². The average molecular weight is 356 g/mol. The first-order valence-electron chi connectivity index (χ1n) is 9.24. The number of ether oxygens (including phenoxy) is 1. The molecular weight excluding hydrogens is 332 g/mol. The minimum Gasteiger partial charge on any atom is -0.495 e. The van der Waals surface area contributed by atoms with Crippen molar-refractivity contribution in [2.75, 3.05) is 25.5 Å². The molecule has 4 rings (SSSR count). The molecule has 7 nitrogen and oxygen atoms in total. The third-order valence-electron chi connectivity index (χ3n) is 5.04. The van der Waals surface area contributed by atoms with Crippen LogP contribution in [0.1, 0.15) is 43.3 Å². The van der Waals surface area contributed by atoms with Gasteiger partial charge in [-0.25, -0.2) is 4.79 Å². The molecule has 0 spiro atoms. The second-order valence-electron chi connectivity index (χ2n) is 7.11. The molecule has 0 bridgehead atoms. The Kier molecular flexibility index (Phi) is 4.77. The van der Waals surface area contributed by atoms with E-state index in [1.807, 2.05) is 29.2 Å². The van der Waals surface area contributed by atoms with Crippen molar-refractivity contribution in [2.45, 2.75) is 38.0 Å². The number of methoxy groups -OCH3 is 1. The predicted octanol–water partition coefficient (Wildman–Crippen LogP) is 3.44. The number of hydrogen-bond acceptors (Lipinski definition) is 5. The van der Waals surface area contributed by atoms with E-state index in [1.54, 1.807) is 7.11 Å². The number of likely N-dealkylation sites (tertiary alicyclic amines) is 1. The molecule has 2 aromatic rings. The number of amides is 2. The van der Waals surface area contributed by atoms with Gasteiger partial charge in [0.1, 0.15) is 5.75 Å². The fourth-order valence-corrected chi connectivity index (χ4v) is 3.46. The summed E-state index contributed by atoms with van der Waals surface area (Å²) in [5, 5.41) is 7.03. The lowest BCUT2D eigenvalue weighted by Gasteiger charge is -2.32. The standard InChI is InChI=1S/C19H24N4O3/c1-25-16-7-3-2-6-15(16)20-19(24)23-10-4-5-13(12-23)11-17-21-18(22-26-17)14-8-9-14/h2-3,6-7,13-14H,4-5,8-12H2,1H3,(H,20,24). The van der Waals surface area contributed by atoms with Gasteiger partial charge in [-0.1, -0.05) is 17.3 Å². The maximum absolute atomic E-state index is 12.6. The quantitative estimate of drug-likeness (QED) is 0.887. The van der Waals surface area contributed by atoms with E-state index in [-0.39, 0.29) is 6.03 Å². The molecule has 7 heteroatoms. The van der Waals surface area contributed by atoms with Gasteiger partial charge in [0.15, 0.2) is 5.82 Å². The highest BCUT2D eigenvalue weighted by molar-refractivity contribution is 5.91. The number of para-hydroxylation sites is 2. The minimum atomic E-state index is -0.0941. The molecule has 26 heavy (non-hydrogen) atoms. The van der Waals surface area contributed by atoms with Crippen LogP contribution in [0.15, 0.2) is 28.8 Å². The van der Waals surface area contributed by atoms with Gasteiger partial charge in [-0.3, -0.25) is 0 Å². The number of nitrogens with zero attached hydrogens (tertiary/aromatic N) is 3. The smallest absolute Gasteiger partial charge is 0.321 e. The SMILES string of the molecule is COc1ccccc1NC(=O)N1CCCC(Cc2nc(C3CC3)no2)C1. The van der Waals surface area contributed by atoms with Crippen LogP contribution in [-0.2, 0) is 6.42 Å². The molecule has 2 fully saturated rings. The molecule has 1 atom stereocenters. The van der Waals surface area contributed by atoms with Crippen molar-refractivity contribution in [3.05, 3.63) is 36.0 Å². The Bertz CT molecular complexity index is 772. The summed E-state index contributed by atoms with van der Waals surface area (Å²) in [6, 6.07) is 7.34. The summed E-state index contributed by atoms with van der Waals surface area (Å²) < 4.78 is 10.7. The van der Waals surface area contributed by atoms with E-state index in [2.05, 4.69) is 15.5 Å². The van der Waals surface area contributed by atoms with Crippen molar-refractivity contribution in [1.29, 1.82) is 0 Å². The lowest BCUT2D eigenvalue weighted by Crippen LogP contribution is -2.42. The third kappa shape index (κ3) is 3.81. The number of anilines is 1. The Balaban J connectivity index is 1.35. The van der Waals surface area contributed by atoms with Crippen LogP contribution in [0.25, 0.3) is 0 Å². The van der Waals surface area contributed by atoms with Gasteiger partial charge in [-0.15, -0.1) is 0 Å². The molecule has 1 saturated carbocycles. The van der Waals surface area contributed by atoms with Crippen LogP contribution in [0.5, 0.6) is 5.75 Å². The average Bonchev–Trinajstić information content (AvgIpc) is 3.42. The second-order valence-corrected chi connectivity index (χ2v) is 7.11. The van der Waals surface area contributed by atoms with Gasteiger partial charge in [0.2, 0.25) is 5.89 Å². The van der Waals surface area contributed by atoms with E-state index in [0.29, 0.717) is 35.7 Å². The summed E-state index contributed by atoms with van der Waals surface area (Å²) in [6.45, 7) is 1.46. The zero-order chi connectivity index (χ0) is 17.9. The highest BCUT2D eigenvalue weighted by atomic mass is 16.5. The van der Waals surface area contributed by atoms with Crippen molar-refractivity contribution in [3.8, 4) is 5.75 Å². The zero-order valence-corrected chi connectivity index (χ0v) is 15.0. The van der Waals surface area contributed by atoms with E-state index in [4.69, 9.17) is 9.26 Å². The molecule has 1 unspecified atom stereocenters. The highest BCUT2D eigenvalue weighted by Gasteiger charge is 2.30. The van der Waals surface area contributed by atoms with Crippen LogP contribution in [0.2, 0.25) is 0 Å². The van der Waals surface area contributed by atoms with Crippen LogP contribution >= 0.6 is 0 Å². The second kappa shape index (κ2) is 7.35. The maximum atomic E-state index is 12.6. The molecule has 2 aliphatic rings. The zero-order valence-electron chi connectivity index (χ0n) is 15.0. The summed E-state index contributed by atoms with van der Waals surface area (Å²) in [6.07, 6.45) is 5.12. The maximum Gasteiger partial charge on any atom is 0.321 e. The van der Waals surface area contributed by atoms with E-state index < -0.39 is 0 Å². The number of piperidine rings is 1. The van der Waals surface area contributed by atoms with Gasteiger partial charge < -0.3 is 19.5 Å². The Labute approximate surface area is 152 Å². The first-order chi connectivity index (χ1) is 12.7. The van der Waals surface area contributed by atoms with Crippen LogP contribution in [0.4, 0.5) is 10.5 Å². The van der Waals surface area contributed by atoms with Gasteiger partial charge in [0.05, 0.1) is 12.8 Å². The molecule has 1 N–H and O–H groups in total. The number of aromatic nitrogens is 2. The minimum absolute atomic E-state index is 0.0941. The number of urea groups is 1. The lowest BCUT2D eigenvalue weighted by atomic mass is 9.95. The third-order valence-corrected chi connectivity index (χ3v) is 5.04. The number of nitrogens with one attached hydrogen (secondary N) is 1.